The largest absolute Gasteiger partial charge is 0.395 e. The first-order valence-corrected chi connectivity index (χ1v) is 5.76. The van der Waals surface area contributed by atoms with E-state index in [4.69, 9.17) is 10.2 Å². The second kappa shape index (κ2) is 8.50. The van der Waals surface area contributed by atoms with Crippen LogP contribution in [0.3, 0.4) is 0 Å². The maximum absolute atomic E-state index is 11.8. The fourth-order valence-electron chi connectivity index (χ4n) is 1.45. The molecule has 0 bridgehead atoms. The fourth-order valence-corrected chi connectivity index (χ4v) is 1.45. The molecule has 0 heterocycles. The third-order valence-corrected chi connectivity index (χ3v) is 2.81. The van der Waals surface area contributed by atoms with E-state index in [1.165, 1.54) is 4.90 Å². The van der Waals surface area contributed by atoms with Crippen molar-refractivity contribution >= 4 is 5.91 Å². The van der Waals surface area contributed by atoms with E-state index in [9.17, 15) is 4.79 Å². The normalized spacial score (nSPS) is 12.9. The Morgan fingerprint density at radius 2 is 1.75 bits per heavy atom. The zero-order valence-electron chi connectivity index (χ0n) is 10.5. The molecule has 0 aliphatic carbocycles. The standard InChI is InChI=1S/C11H24N2O3/c1-4-12(3)10(2)9-11(16)13(5-7-14)6-8-15/h10,14-15H,4-9H2,1-3H3. The Kier molecular flexibility index (Phi) is 8.15. The minimum Gasteiger partial charge on any atom is -0.395 e. The van der Waals surface area contributed by atoms with Crippen molar-refractivity contribution in [3.63, 3.8) is 0 Å². The molecule has 1 amide bonds. The lowest BCUT2D eigenvalue weighted by Gasteiger charge is -2.26. The first-order chi connectivity index (χ1) is 7.56. The van der Waals surface area contributed by atoms with Gasteiger partial charge in [0.2, 0.25) is 5.91 Å². The molecule has 0 radical (unpaired) electrons. The molecule has 0 aromatic carbocycles. The molecule has 0 spiro atoms. The minimum absolute atomic E-state index is 0.0177. The highest BCUT2D eigenvalue weighted by Gasteiger charge is 2.17. The summed E-state index contributed by atoms with van der Waals surface area (Å²) in [5, 5.41) is 17.6. The van der Waals surface area contributed by atoms with Gasteiger partial charge < -0.3 is 20.0 Å². The molecular formula is C11H24N2O3. The molecule has 0 saturated carbocycles. The van der Waals surface area contributed by atoms with Gasteiger partial charge in [-0.05, 0) is 20.5 Å². The van der Waals surface area contributed by atoms with Crippen LogP contribution in [0.5, 0.6) is 0 Å². The van der Waals surface area contributed by atoms with E-state index in [2.05, 4.69) is 4.90 Å². The summed E-state index contributed by atoms with van der Waals surface area (Å²) in [6.07, 6.45) is 0.421. The molecule has 0 rings (SSSR count). The lowest BCUT2D eigenvalue weighted by Crippen LogP contribution is -2.40. The Labute approximate surface area is 97.7 Å². The summed E-state index contributed by atoms with van der Waals surface area (Å²) in [6.45, 7) is 5.39. The molecule has 0 aromatic rings. The first kappa shape index (κ1) is 15.3. The molecule has 96 valence electrons. The van der Waals surface area contributed by atoms with Gasteiger partial charge >= 0.3 is 0 Å². The highest BCUT2D eigenvalue weighted by molar-refractivity contribution is 5.76. The quantitative estimate of drug-likeness (QED) is 0.594. The zero-order valence-corrected chi connectivity index (χ0v) is 10.5. The molecule has 5 heteroatoms. The van der Waals surface area contributed by atoms with Crippen molar-refractivity contribution in [2.24, 2.45) is 0 Å². The Morgan fingerprint density at radius 1 is 1.25 bits per heavy atom. The second-order valence-electron chi connectivity index (χ2n) is 3.95. The van der Waals surface area contributed by atoms with Gasteiger partial charge in [0.15, 0.2) is 0 Å². The number of nitrogens with zero attached hydrogens (tertiary/aromatic N) is 2. The average Bonchev–Trinajstić information content (AvgIpc) is 2.27. The van der Waals surface area contributed by atoms with E-state index in [1.54, 1.807) is 0 Å². The van der Waals surface area contributed by atoms with E-state index in [0.29, 0.717) is 19.5 Å². The van der Waals surface area contributed by atoms with Crippen molar-refractivity contribution in [1.29, 1.82) is 0 Å². The van der Waals surface area contributed by atoms with E-state index >= 15 is 0 Å². The van der Waals surface area contributed by atoms with E-state index < -0.39 is 0 Å². The van der Waals surface area contributed by atoms with Gasteiger partial charge in [0.1, 0.15) is 0 Å². The maximum Gasteiger partial charge on any atom is 0.224 e. The van der Waals surface area contributed by atoms with Crippen molar-refractivity contribution in [2.75, 3.05) is 39.9 Å². The Morgan fingerprint density at radius 3 is 2.12 bits per heavy atom. The van der Waals surface area contributed by atoms with E-state index in [1.807, 2.05) is 20.9 Å². The van der Waals surface area contributed by atoms with Gasteiger partial charge in [-0.3, -0.25) is 4.79 Å². The number of carbonyl (C=O) groups excluding carboxylic acids is 1. The molecule has 0 fully saturated rings. The number of hydrogen-bond acceptors (Lipinski definition) is 4. The number of carbonyl (C=O) groups is 1. The lowest BCUT2D eigenvalue weighted by molar-refractivity contribution is -0.133. The predicted octanol–water partition coefficient (Wildman–Crippen LogP) is -0.470. The summed E-state index contributed by atoms with van der Waals surface area (Å²) in [6, 6.07) is 0.178. The molecule has 0 aliphatic heterocycles. The molecular weight excluding hydrogens is 208 g/mol. The monoisotopic (exact) mass is 232 g/mol. The highest BCUT2D eigenvalue weighted by atomic mass is 16.3. The summed E-state index contributed by atoms with van der Waals surface area (Å²) in [5.41, 5.74) is 0. The number of aliphatic hydroxyl groups excluding tert-OH is 2. The summed E-state index contributed by atoms with van der Waals surface area (Å²) in [4.78, 5) is 15.4. The third kappa shape index (κ3) is 5.44. The van der Waals surface area contributed by atoms with Gasteiger partial charge in [-0.2, -0.15) is 0 Å². The molecule has 5 nitrogen and oxygen atoms in total. The Hall–Kier alpha value is -0.650. The van der Waals surface area contributed by atoms with Crippen LogP contribution in [0.15, 0.2) is 0 Å². The van der Waals surface area contributed by atoms with Crippen molar-refractivity contribution in [2.45, 2.75) is 26.3 Å². The summed E-state index contributed by atoms with van der Waals surface area (Å²) < 4.78 is 0. The first-order valence-electron chi connectivity index (χ1n) is 5.76. The van der Waals surface area contributed by atoms with Crippen LogP contribution in [0.4, 0.5) is 0 Å². The molecule has 1 atom stereocenters. The molecule has 2 N–H and O–H groups in total. The van der Waals surface area contributed by atoms with E-state index in [0.717, 1.165) is 6.54 Å². The lowest BCUT2D eigenvalue weighted by atomic mass is 10.2. The number of amides is 1. The number of aliphatic hydroxyl groups is 2. The highest BCUT2D eigenvalue weighted by Crippen LogP contribution is 2.04. The number of hydrogen-bond donors (Lipinski definition) is 2. The third-order valence-electron chi connectivity index (χ3n) is 2.81. The van der Waals surface area contributed by atoms with Gasteiger partial charge in [-0.1, -0.05) is 6.92 Å². The van der Waals surface area contributed by atoms with Crippen LogP contribution in [0.25, 0.3) is 0 Å². The van der Waals surface area contributed by atoms with Crippen LogP contribution >= 0.6 is 0 Å². The van der Waals surface area contributed by atoms with Gasteiger partial charge in [0, 0.05) is 25.6 Å². The van der Waals surface area contributed by atoms with Crippen molar-refractivity contribution in [3.05, 3.63) is 0 Å². The Bertz CT molecular complexity index is 194. The number of rotatable bonds is 8. The van der Waals surface area contributed by atoms with Crippen molar-refractivity contribution < 1.29 is 15.0 Å². The van der Waals surface area contributed by atoms with Gasteiger partial charge in [0.05, 0.1) is 13.2 Å². The molecule has 16 heavy (non-hydrogen) atoms. The maximum atomic E-state index is 11.8. The SMILES string of the molecule is CCN(C)C(C)CC(=O)N(CCO)CCO. The summed E-state index contributed by atoms with van der Waals surface area (Å²) >= 11 is 0. The Balaban J connectivity index is 4.17. The van der Waals surface area contributed by atoms with Crippen molar-refractivity contribution in [1.82, 2.24) is 9.80 Å². The van der Waals surface area contributed by atoms with Crippen LogP contribution in [-0.2, 0) is 4.79 Å². The van der Waals surface area contributed by atoms with Crippen LogP contribution in [0.2, 0.25) is 0 Å². The smallest absolute Gasteiger partial charge is 0.224 e. The van der Waals surface area contributed by atoms with E-state index in [-0.39, 0.29) is 25.2 Å². The van der Waals surface area contributed by atoms with Crippen LogP contribution < -0.4 is 0 Å². The molecule has 0 aromatic heterocycles. The van der Waals surface area contributed by atoms with Gasteiger partial charge in [-0.25, -0.2) is 0 Å². The molecule has 1 unspecified atom stereocenters. The zero-order chi connectivity index (χ0) is 12.6. The van der Waals surface area contributed by atoms with Crippen LogP contribution in [-0.4, -0.2) is 71.9 Å². The topological polar surface area (TPSA) is 64.0 Å². The minimum atomic E-state index is -0.0657. The summed E-state index contributed by atoms with van der Waals surface area (Å²) in [5.74, 6) is -0.0177. The fraction of sp³-hybridized carbons (Fsp3) is 0.909. The average molecular weight is 232 g/mol. The second-order valence-corrected chi connectivity index (χ2v) is 3.95. The van der Waals surface area contributed by atoms with Crippen LogP contribution in [0.1, 0.15) is 20.3 Å². The van der Waals surface area contributed by atoms with Crippen molar-refractivity contribution in [3.8, 4) is 0 Å². The molecule has 0 aliphatic rings. The van der Waals surface area contributed by atoms with Gasteiger partial charge in [0.25, 0.3) is 0 Å². The predicted molar refractivity (Wildman–Crippen MR) is 63.1 cm³/mol. The van der Waals surface area contributed by atoms with Gasteiger partial charge in [-0.15, -0.1) is 0 Å². The summed E-state index contributed by atoms with van der Waals surface area (Å²) in [7, 11) is 1.97. The molecule has 0 saturated heterocycles. The van der Waals surface area contributed by atoms with Crippen LogP contribution in [0, 0.1) is 0 Å².